The van der Waals surface area contributed by atoms with Gasteiger partial charge in [-0.25, -0.2) is 0 Å². The van der Waals surface area contributed by atoms with E-state index < -0.39 is 0 Å². The first kappa shape index (κ1) is 11.3. The lowest BCUT2D eigenvalue weighted by Gasteiger charge is -2.29. The van der Waals surface area contributed by atoms with Gasteiger partial charge >= 0.3 is 0 Å². The molecular formula is C13H13ClN4. The van der Waals surface area contributed by atoms with Gasteiger partial charge in [0.2, 0.25) is 0 Å². The van der Waals surface area contributed by atoms with E-state index in [1.807, 2.05) is 25.3 Å². The molecule has 0 amide bonds. The molecule has 18 heavy (non-hydrogen) atoms. The Morgan fingerprint density at radius 1 is 1.44 bits per heavy atom. The van der Waals surface area contributed by atoms with Gasteiger partial charge in [-0.1, -0.05) is 17.7 Å². The molecule has 3 rings (SSSR count). The number of H-pyrrole nitrogens is 1. The third-order valence-electron chi connectivity index (χ3n) is 3.09. The molecule has 0 bridgehead atoms. The summed E-state index contributed by atoms with van der Waals surface area (Å²) in [5.74, 6) is 0. The van der Waals surface area contributed by atoms with Gasteiger partial charge in [0, 0.05) is 23.8 Å². The van der Waals surface area contributed by atoms with Crippen LogP contribution in [0.4, 0.5) is 0 Å². The highest BCUT2D eigenvalue weighted by Gasteiger charge is 2.17. The van der Waals surface area contributed by atoms with Crippen LogP contribution in [0.1, 0.15) is 12.5 Å². The monoisotopic (exact) mass is 260 g/mol. The number of fused-ring (bicyclic) bond motifs is 1. The molecule has 4 nitrogen and oxygen atoms in total. The third-order valence-corrected chi connectivity index (χ3v) is 3.44. The van der Waals surface area contributed by atoms with Crippen molar-refractivity contribution >= 4 is 28.7 Å². The second-order valence-electron chi connectivity index (χ2n) is 4.34. The lowest BCUT2D eigenvalue weighted by molar-refractivity contribution is 0.315. The molecule has 0 spiro atoms. The van der Waals surface area contributed by atoms with Gasteiger partial charge in [0.05, 0.1) is 11.7 Å². The summed E-state index contributed by atoms with van der Waals surface area (Å²) in [5.41, 5.74) is 3.04. The number of rotatable bonds is 2. The van der Waals surface area contributed by atoms with Crippen molar-refractivity contribution in [2.75, 3.05) is 0 Å². The van der Waals surface area contributed by atoms with E-state index in [0.29, 0.717) is 0 Å². The minimum atomic E-state index is -0.324. The first-order chi connectivity index (χ1) is 8.74. The Bertz CT molecular complexity index is 629. The minimum Gasteiger partial charge on any atom is -0.337 e. The second kappa shape index (κ2) is 4.46. The van der Waals surface area contributed by atoms with E-state index in [4.69, 9.17) is 11.6 Å². The normalized spacial score (nSPS) is 19.3. The highest BCUT2D eigenvalue weighted by atomic mass is 35.5. The number of halogens is 1. The quantitative estimate of drug-likeness (QED) is 0.667. The fourth-order valence-electron chi connectivity index (χ4n) is 2.05. The molecule has 0 saturated carbocycles. The summed E-state index contributed by atoms with van der Waals surface area (Å²) < 4.78 is 0. The van der Waals surface area contributed by atoms with Crippen molar-refractivity contribution in [3.05, 3.63) is 41.7 Å². The van der Waals surface area contributed by atoms with Crippen LogP contribution in [0.2, 0.25) is 0 Å². The number of nitrogens with one attached hydrogen (secondary N) is 1. The molecule has 1 atom stereocenters. The van der Waals surface area contributed by atoms with Crippen LogP contribution in [0.25, 0.3) is 10.9 Å². The van der Waals surface area contributed by atoms with Crippen LogP contribution in [-0.4, -0.2) is 26.9 Å². The number of hydrogen-bond donors (Lipinski definition) is 1. The fourth-order valence-corrected chi connectivity index (χ4v) is 2.34. The number of allylic oxidation sites excluding steroid dienone is 2. The van der Waals surface area contributed by atoms with E-state index in [9.17, 15) is 0 Å². The van der Waals surface area contributed by atoms with Crippen molar-refractivity contribution in [2.24, 2.45) is 4.99 Å². The van der Waals surface area contributed by atoms with Gasteiger partial charge in [0.15, 0.2) is 5.62 Å². The van der Waals surface area contributed by atoms with E-state index in [-0.39, 0.29) is 5.62 Å². The molecule has 1 N–H and O–H groups in total. The molecule has 0 fully saturated rings. The summed E-state index contributed by atoms with van der Waals surface area (Å²) in [6, 6.07) is 6.23. The Balaban J connectivity index is 1.87. The summed E-state index contributed by atoms with van der Waals surface area (Å²) in [6.07, 6.45) is 5.55. The summed E-state index contributed by atoms with van der Waals surface area (Å²) in [7, 11) is 0. The number of benzene rings is 1. The zero-order chi connectivity index (χ0) is 12.5. The largest absolute Gasteiger partial charge is 0.337 e. The molecule has 1 aromatic carbocycles. The Kier molecular flexibility index (Phi) is 2.80. The molecule has 1 aliphatic heterocycles. The third kappa shape index (κ3) is 1.99. The van der Waals surface area contributed by atoms with Crippen molar-refractivity contribution in [2.45, 2.75) is 19.1 Å². The molecule has 1 unspecified atom stereocenters. The molecule has 0 radical (unpaired) electrons. The Hall–Kier alpha value is -1.81. The van der Waals surface area contributed by atoms with Crippen LogP contribution < -0.4 is 0 Å². The van der Waals surface area contributed by atoms with Crippen molar-refractivity contribution in [1.29, 1.82) is 0 Å². The minimum absolute atomic E-state index is 0.324. The van der Waals surface area contributed by atoms with Gasteiger partial charge in [-0.2, -0.15) is 5.10 Å². The molecule has 0 aliphatic carbocycles. The maximum atomic E-state index is 6.19. The molecule has 1 aromatic heterocycles. The number of alkyl halides is 1. The summed E-state index contributed by atoms with van der Waals surface area (Å²) in [4.78, 5) is 6.24. The van der Waals surface area contributed by atoms with Gasteiger partial charge in [0.25, 0.3) is 0 Å². The van der Waals surface area contributed by atoms with Gasteiger partial charge in [0.1, 0.15) is 0 Å². The predicted octanol–water partition coefficient (Wildman–Crippen LogP) is 2.88. The number of aliphatic imine (C=N–C) groups is 1. The zero-order valence-corrected chi connectivity index (χ0v) is 10.7. The van der Waals surface area contributed by atoms with Crippen LogP contribution in [0.5, 0.6) is 0 Å². The van der Waals surface area contributed by atoms with Crippen molar-refractivity contribution in [3.63, 3.8) is 0 Å². The maximum Gasteiger partial charge on any atom is 0.197 e. The van der Waals surface area contributed by atoms with Crippen molar-refractivity contribution in [3.8, 4) is 0 Å². The van der Waals surface area contributed by atoms with Crippen LogP contribution in [0, 0.1) is 0 Å². The SMILES string of the molecule is CC1=CC=NC(Cl)N1Cc1ccc2[nH]ncc2c1. The molecule has 1 aliphatic rings. The first-order valence-electron chi connectivity index (χ1n) is 5.77. The topological polar surface area (TPSA) is 44.3 Å². The Morgan fingerprint density at radius 2 is 2.33 bits per heavy atom. The molecule has 92 valence electrons. The molecular weight excluding hydrogens is 248 g/mol. The summed E-state index contributed by atoms with van der Waals surface area (Å²) in [5, 5.41) is 8.07. The van der Waals surface area contributed by atoms with Crippen LogP contribution in [0.3, 0.4) is 0 Å². The van der Waals surface area contributed by atoms with Crippen LogP contribution in [0.15, 0.2) is 41.2 Å². The maximum absolute atomic E-state index is 6.19. The molecule has 5 heteroatoms. The zero-order valence-electron chi connectivity index (χ0n) is 9.97. The summed E-state index contributed by atoms with van der Waals surface area (Å²) in [6.45, 7) is 2.78. The average Bonchev–Trinajstić information content (AvgIpc) is 2.81. The lowest BCUT2D eigenvalue weighted by Crippen LogP contribution is -2.30. The molecule has 2 heterocycles. The smallest absolute Gasteiger partial charge is 0.197 e. The number of nitrogens with zero attached hydrogens (tertiary/aromatic N) is 3. The Labute approximate surface area is 110 Å². The number of aromatic nitrogens is 2. The van der Waals surface area contributed by atoms with Gasteiger partial charge < -0.3 is 4.90 Å². The molecule has 0 saturated heterocycles. The first-order valence-corrected chi connectivity index (χ1v) is 6.20. The Morgan fingerprint density at radius 3 is 3.17 bits per heavy atom. The van der Waals surface area contributed by atoms with E-state index in [1.54, 1.807) is 6.21 Å². The van der Waals surface area contributed by atoms with Crippen molar-refractivity contribution < 1.29 is 0 Å². The standard InChI is InChI=1S/C13H13ClN4/c1-9-4-5-15-13(14)18(9)8-10-2-3-12-11(6-10)7-16-17-12/h2-7,13H,8H2,1H3,(H,16,17). The lowest BCUT2D eigenvalue weighted by atomic mass is 10.1. The van der Waals surface area contributed by atoms with Crippen molar-refractivity contribution in [1.82, 2.24) is 15.1 Å². The molecule has 2 aromatic rings. The van der Waals surface area contributed by atoms with E-state index in [2.05, 4.69) is 32.2 Å². The second-order valence-corrected chi connectivity index (χ2v) is 4.73. The number of aromatic amines is 1. The van der Waals surface area contributed by atoms with E-state index in [0.717, 1.165) is 23.1 Å². The summed E-state index contributed by atoms with van der Waals surface area (Å²) >= 11 is 6.19. The van der Waals surface area contributed by atoms with Crippen LogP contribution >= 0.6 is 11.6 Å². The van der Waals surface area contributed by atoms with Gasteiger partial charge in [-0.3, -0.25) is 10.1 Å². The van der Waals surface area contributed by atoms with Gasteiger partial charge in [-0.15, -0.1) is 0 Å². The van der Waals surface area contributed by atoms with E-state index in [1.165, 1.54) is 5.56 Å². The van der Waals surface area contributed by atoms with E-state index >= 15 is 0 Å². The average molecular weight is 261 g/mol. The predicted molar refractivity (Wildman–Crippen MR) is 73.5 cm³/mol. The number of hydrogen-bond acceptors (Lipinski definition) is 3. The highest BCUT2D eigenvalue weighted by Crippen LogP contribution is 2.22. The van der Waals surface area contributed by atoms with Gasteiger partial charge in [-0.05, 0) is 30.7 Å². The fraction of sp³-hybridized carbons (Fsp3) is 0.231. The van der Waals surface area contributed by atoms with Crippen LogP contribution in [-0.2, 0) is 6.54 Å². The highest BCUT2D eigenvalue weighted by molar-refractivity contribution is 6.20.